The van der Waals surface area contributed by atoms with E-state index >= 15 is 0 Å². The van der Waals surface area contributed by atoms with Crippen LogP contribution in [0.4, 0.5) is 0 Å². The second-order valence-electron chi connectivity index (χ2n) is 7.62. The fourth-order valence-corrected chi connectivity index (χ4v) is 4.95. The molecule has 0 radical (unpaired) electrons. The van der Waals surface area contributed by atoms with Gasteiger partial charge in [0.25, 0.3) is 0 Å². The van der Waals surface area contributed by atoms with E-state index < -0.39 is 0 Å². The molecule has 2 fully saturated rings. The van der Waals surface area contributed by atoms with Crippen molar-refractivity contribution in [1.82, 2.24) is 4.90 Å². The van der Waals surface area contributed by atoms with Crippen LogP contribution in [0.5, 0.6) is 0 Å². The lowest BCUT2D eigenvalue weighted by Crippen LogP contribution is -2.35. The van der Waals surface area contributed by atoms with Gasteiger partial charge in [0.15, 0.2) is 0 Å². The Balaban J connectivity index is 1.52. The van der Waals surface area contributed by atoms with Crippen molar-refractivity contribution in [2.45, 2.75) is 38.6 Å². The Morgan fingerprint density at radius 2 is 1.57 bits per heavy atom. The molecule has 2 aromatic rings. The average molecular weight is 305 g/mol. The number of hydrogen-bond donors (Lipinski definition) is 0. The van der Waals surface area contributed by atoms with Crippen molar-refractivity contribution in [2.24, 2.45) is 11.3 Å². The minimum Gasteiger partial charge on any atom is -0.298 e. The van der Waals surface area contributed by atoms with Gasteiger partial charge in [-0.3, -0.25) is 4.90 Å². The smallest absolute Gasteiger partial charge is 0.0234 e. The molecule has 2 atom stereocenters. The highest BCUT2D eigenvalue weighted by molar-refractivity contribution is 5.19. The molecule has 1 heteroatoms. The van der Waals surface area contributed by atoms with Gasteiger partial charge in [-0.05, 0) is 41.7 Å². The minimum absolute atomic E-state index is 0.522. The van der Waals surface area contributed by atoms with Gasteiger partial charge in [-0.2, -0.15) is 0 Å². The fourth-order valence-electron chi connectivity index (χ4n) is 4.95. The van der Waals surface area contributed by atoms with Crippen LogP contribution in [-0.2, 0) is 13.0 Å². The first kappa shape index (κ1) is 15.0. The topological polar surface area (TPSA) is 3.24 Å². The third-order valence-corrected chi connectivity index (χ3v) is 6.01. The third-order valence-electron chi connectivity index (χ3n) is 6.01. The van der Waals surface area contributed by atoms with E-state index in [0.717, 1.165) is 12.5 Å². The quantitative estimate of drug-likeness (QED) is 0.775. The molecule has 0 aromatic heterocycles. The minimum atomic E-state index is 0.522. The molecule has 0 unspecified atom stereocenters. The van der Waals surface area contributed by atoms with E-state index in [4.69, 9.17) is 0 Å². The van der Waals surface area contributed by atoms with Crippen LogP contribution in [0.2, 0.25) is 0 Å². The predicted molar refractivity (Wildman–Crippen MR) is 96.3 cm³/mol. The van der Waals surface area contributed by atoms with E-state index in [-0.39, 0.29) is 0 Å². The third kappa shape index (κ3) is 3.21. The zero-order valence-electron chi connectivity index (χ0n) is 14.0. The van der Waals surface area contributed by atoms with Crippen molar-refractivity contribution in [3.8, 4) is 0 Å². The summed E-state index contributed by atoms with van der Waals surface area (Å²) in [6.07, 6.45) is 6.96. The number of benzene rings is 2. The lowest BCUT2D eigenvalue weighted by atomic mass is 9.65. The lowest BCUT2D eigenvalue weighted by molar-refractivity contribution is 0.144. The lowest BCUT2D eigenvalue weighted by Gasteiger charge is -2.39. The van der Waals surface area contributed by atoms with Crippen LogP contribution in [-0.4, -0.2) is 18.0 Å². The van der Waals surface area contributed by atoms with Crippen LogP contribution in [0.15, 0.2) is 60.7 Å². The largest absolute Gasteiger partial charge is 0.298 e. The first-order valence-electron chi connectivity index (χ1n) is 9.14. The van der Waals surface area contributed by atoms with Crippen molar-refractivity contribution in [3.63, 3.8) is 0 Å². The SMILES string of the molecule is c1ccc(CN2C[C@@H]3CCCC[C@]3(Cc3ccccc3)C2)cc1. The summed E-state index contributed by atoms with van der Waals surface area (Å²) in [6, 6.07) is 22.1. The highest BCUT2D eigenvalue weighted by atomic mass is 15.2. The molecular weight excluding hydrogens is 278 g/mol. The maximum absolute atomic E-state index is 2.72. The van der Waals surface area contributed by atoms with Gasteiger partial charge in [0.05, 0.1) is 0 Å². The van der Waals surface area contributed by atoms with Crippen LogP contribution in [0.25, 0.3) is 0 Å². The van der Waals surface area contributed by atoms with Gasteiger partial charge in [0, 0.05) is 19.6 Å². The summed E-state index contributed by atoms with van der Waals surface area (Å²) in [5.74, 6) is 0.889. The number of fused-ring (bicyclic) bond motifs is 1. The number of rotatable bonds is 4. The average Bonchev–Trinajstić information content (AvgIpc) is 2.94. The molecule has 4 rings (SSSR count). The monoisotopic (exact) mass is 305 g/mol. The van der Waals surface area contributed by atoms with Gasteiger partial charge in [0.2, 0.25) is 0 Å². The summed E-state index contributed by atoms with van der Waals surface area (Å²) in [6.45, 7) is 3.69. The zero-order valence-corrected chi connectivity index (χ0v) is 14.0. The Morgan fingerprint density at radius 3 is 2.30 bits per heavy atom. The van der Waals surface area contributed by atoms with Crippen molar-refractivity contribution in [2.75, 3.05) is 13.1 Å². The summed E-state index contributed by atoms with van der Waals surface area (Å²) in [7, 11) is 0. The molecule has 1 saturated heterocycles. The maximum Gasteiger partial charge on any atom is 0.0234 e. The number of nitrogens with zero attached hydrogens (tertiary/aromatic N) is 1. The summed E-state index contributed by atoms with van der Waals surface area (Å²) in [5.41, 5.74) is 3.51. The maximum atomic E-state index is 2.72. The molecule has 120 valence electrons. The van der Waals surface area contributed by atoms with Crippen LogP contribution >= 0.6 is 0 Å². The van der Waals surface area contributed by atoms with E-state index in [1.54, 1.807) is 0 Å². The molecule has 0 N–H and O–H groups in total. The second kappa shape index (κ2) is 6.49. The normalized spacial score (nSPS) is 27.7. The molecule has 1 nitrogen and oxygen atoms in total. The Kier molecular flexibility index (Phi) is 4.22. The van der Waals surface area contributed by atoms with E-state index in [2.05, 4.69) is 65.6 Å². The molecule has 2 aromatic carbocycles. The van der Waals surface area contributed by atoms with Crippen LogP contribution < -0.4 is 0 Å². The first-order valence-corrected chi connectivity index (χ1v) is 9.14. The summed E-state index contributed by atoms with van der Waals surface area (Å²) >= 11 is 0. The number of hydrogen-bond acceptors (Lipinski definition) is 1. The van der Waals surface area contributed by atoms with Gasteiger partial charge < -0.3 is 0 Å². The molecule has 2 aliphatic rings. The van der Waals surface area contributed by atoms with Gasteiger partial charge in [-0.15, -0.1) is 0 Å². The molecule has 1 heterocycles. The zero-order chi connectivity index (χ0) is 15.5. The highest BCUT2D eigenvalue weighted by Crippen LogP contribution is 2.49. The molecular formula is C22H27N. The summed E-state index contributed by atoms with van der Waals surface area (Å²) in [5, 5.41) is 0. The molecule has 0 spiro atoms. The molecule has 23 heavy (non-hydrogen) atoms. The van der Waals surface area contributed by atoms with E-state index in [9.17, 15) is 0 Å². The Labute approximate surface area is 140 Å². The summed E-state index contributed by atoms with van der Waals surface area (Å²) < 4.78 is 0. The molecule has 1 aliphatic carbocycles. The van der Waals surface area contributed by atoms with E-state index in [0.29, 0.717) is 5.41 Å². The highest BCUT2D eigenvalue weighted by Gasteiger charge is 2.47. The van der Waals surface area contributed by atoms with Gasteiger partial charge in [-0.25, -0.2) is 0 Å². The molecule has 0 bridgehead atoms. The van der Waals surface area contributed by atoms with Gasteiger partial charge in [-0.1, -0.05) is 73.5 Å². The first-order chi connectivity index (χ1) is 11.3. The Morgan fingerprint density at radius 1 is 0.870 bits per heavy atom. The second-order valence-corrected chi connectivity index (χ2v) is 7.62. The predicted octanol–water partition coefficient (Wildman–Crippen LogP) is 4.92. The van der Waals surface area contributed by atoms with Crippen molar-refractivity contribution in [1.29, 1.82) is 0 Å². The van der Waals surface area contributed by atoms with Crippen LogP contribution in [0.1, 0.15) is 36.8 Å². The van der Waals surface area contributed by atoms with E-state index in [1.807, 2.05) is 0 Å². The molecule has 1 aliphatic heterocycles. The van der Waals surface area contributed by atoms with Crippen molar-refractivity contribution in [3.05, 3.63) is 71.8 Å². The fraction of sp³-hybridized carbons (Fsp3) is 0.455. The van der Waals surface area contributed by atoms with Crippen LogP contribution in [0.3, 0.4) is 0 Å². The molecule has 1 saturated carbocycles. The van der Waals surface area contributed by atoms with Gasteiger partial charge in [0.1, 0.15) is 0 Å². The standard InChI is InChI=1S/C22H27N/c1-3-9-19(10-4-1)15-22-14-8-7-13-21(22)17-23(18-22)16-20-11-5-2-6-12-20/h1-6,9-12,21H,7-8,13-18H2/t21-,22-/m0/s1. The Bertz CT molecular complexity index is 621. The summed E-state index contributed by atoms with van der Waals surface area (Å²) in [4.78, 5) is 2.72. The number of likely N-dealkylation sites (tertiary alicyclic amines) is 1. The van der Waals surface area contributed by atoms with Crippen LogP contribution in [0, 0.1) is 11.3 Å². The van der Waals surface area contributed by atoms with Gasteiger partial charge >= 0.3 is 0 Å². The van der Waals surface area contributed by atoms with Crippen molar-refractivity contribution >= 4 is 0 Å². The van der Waals surface area contributed by atoms with Crippen molar-refractivity contribution < 1.29 is 0 Å². The Hall–Kier alpha value is -1.60. The van der Waals surface area contributed by atoms with E-state index in [1.165, 1.54) is 56.3 Å². The molecule has 0 amide bonds.